The molecule has 26 heavy (non-hydrogen) atoms. The molecular formula is C18H23ClN4O3. The molecular weight excluding hydrogens is 356 g/mol. The summed E-state index contributed by atoms with van der Waals surface area (Å²) in [7, 11) is 1.63. The zero-order valence-corrected chi connectivity index (χ0v) is 15.5. The van der Waals surface area contributed by atoms with Crippen molar-refractivity contribution in [2.24, 2.45) is 5.41 Å². The van der Waals surface area contributed by atoms with E-state index in [2.05, 4.69) is 20.8 Å². The van der Waals surface area contributed by atoms with E-state index < -0.39 is 5.41 Å². The molecule has 1 amide bonds. The number of carbonyl (C=O) groups is 1. The molecule has 140 valence electrons. The molecule has 0 saturated carbocycles. The van der Waals surface area contributed by atoms with Crippen molar-refractivity contribution in [3.8, 4) is 11.4 Å². The number of aromatic nitrogens is 2. The minimum absolute atomic E-state index is 0.0262. The van der Waals surface area contributed by atoms with E-state index in [9.17, 15) is 4.79 Å². The van der Waals surface area contributed by atoms with Crippen LogP contribution in [0.4, 0.5) is 0 Å². The van der Waals surface area contributed by atoms with Gasteiger partial charge in [0.2, 0.25) is 17.6 Å². The summed E-state index contributed by atoms with van der Waals surface area (Å²) in [6.07, 6.45) is 2.02. The SMILES string of the molecule is COCC1(C(=O)NCCc2nc(-c3ccc(Cl)cc3)no2)CCNCC1. The first kappa shape index (κ1) is 18.8. The molecule has 0 spiro atoms. The maximum atomic E-state index is 12.7. The Labute approximate surface area is 157 Å². The predicted octanol–water partition coefficient (Wildman–Crippen LogP) is 2.06. The first-order valence-electron chi connectivity index (χ1n) is 8.69. The van der Waals surface area contributed by atoms with E-state index in [4.69, 9.17) is 20.9 Å². The van der Waals surface area contributed by atoms with Crippen molar-refractivity contribution < 1.29 is 14.1 Å². The van der Waals surface area contributed by atoms with Crippen LogP contribution in [0, 0.1) is 5.41 Å². The van der Waals surface area contributed by atoms with E-state index in [1.54, 1.807) is 19.2 Å². The highest BCUT2D eigenvalue weighted by Crippen LogP contribution is 2.29. The molecule has 2 heterocycles. The lowest BCUT2D eigenvalue weighted by atomic mass is 9.78. The average molecular weight is 379 g/mol. The summed E-state index contributed by atoms with van der Waals surface area (Å²) in [5.74, 6) is 1.02. The van der Waals surface area contributed by atoms with Gasteiger partial charge in [-0.25, -0.2) is 0 Å². The largest absolute Gasteiger partial charge is 0.384 e. The predicted molar refractivity (Wildman–Crippen MR) is 97.9 cm³/mol. The third kappa shape index (κ3) is 4.41. The molecule has 0 bridgehead atoms. The fourth-order valence-corrected chi connectivity index (χ4v) is 3.29. The van der Waals surface area contributed by atoms with Crippen molar-refractivity contribution in [3.63, 3.8) is 0 Å². The zero-order chi connectivity index (χ0) is 18.4. The number of carbonyl (C=O) groups excluding carboxylic acids is 1. The fraction of sp³-hybridized carbons (Fsp3) is 0.500. The molecule has 2 aromatic rings. The molecule has 1 aromatic heterocycles. The van der Waals surface area contributed by atoms with Gasteiger partial charge in [-0.2, -0.15) is 4.98 Å². The fourth-order valence-electron chi connectivity index (χ4n) is 3.16. The van der Waals surface area contributed by atoms with Gasteiger partial charge in [-0.3, -0.25) is 4.79 Å². The van der Waals surface area contributed by atoms with Crippen LogP contribution in [0.2, 0.25) is 5.02 Å². The number of nitrogens with one attached hydrogen (secondary N) is 2. The average Bonchev–Trinajstić information content (AvgIpc) is 3.12. The summed E-state index contributed by atoms with van der Waals surface area (Å²) < 4.78 is 10.6. The second kappa shape index (κ2) is 8.62. The Kier molecular flexibility index (Phi) is 6.24. The van der Waals surface area contributed by atoms with E-state index in [1.165, 1.54) is 0 Å². The highest BCUT2D eigenvalue weighted by Gasteiger charge is 2.39. The molecule has 8 heteroatoms. The molecule has 1 aliphatic heterocycles. The third-order valence-electron chi connectivity index (χ3n) is 4.66. The number of halogens is 1. The number of hydrogen-bond donors (Lipinski definition) is 2. The van der Waals surface area contributed by atoms with Crippen LogP contribution in [0.15, 0.2) is 28.8 Å². The molecule has 1 saturated heterocycles. The number of amides is 1. The van der Waals surface area contributed by atoms with Crippen LogP contribution in [-0.4, -0.2) is 49.4 Å². The maximum absolute atomic E-state index is 12.7. The number of hydrogen-bond acceptors (Lipinski definition) is 6. The van der Waals surface area contributed by atoms with E-state index in [1.807, 2.05) is 12.1 Å². The molecule has 2 N–H and O–H groups in total. The third-order valence-corrected chi connectivity index (χ3v) is 4.91. The quantitative estimate of drug-likeness (QED) is 0.766. The normalized spacial score (nSPS) is 16.4. The van der Waals surface area contributed by atoms with Crippen molar-refractivity contribution in [1.29, 1.82) is 0 Å². The summed E-state index contributed by atoms with van der Waals surface area (Å²) in [4.78, 5) is 17.0. The first-order valence-corrected chi connectivity index (χ1v) is 9.07. The monoisotopic (exact) mass is 378 g/mol. The van der Waals surface area contributed by atoms with Crippen LogP contribution < -0.4 is 10.6 Å². The van der Waals surface area contributed by atoms with Crippen LogP contribution in [0.25, 0.3) is 11.4 Å². The van der Waals surface area contributed by atoms with Crippen LogP contribution >= 0.6 is 11.6 Å². The van der Waals surface area contributed by atoms with Gasteiger partial charge in [-0.1, -0.05) is 16.8 Å². The Morgan fingerprint density at radius 2 is 2.08 bits per heavy atom. The van der Waals surface area contributed by atoms with Gasteiger partial charge in [-0.05, 0) is 50.2 Å². The highest BCUT2D eigenvalue weighted by atomic mass is 35.5. The zero-order valence-electron chi connectivity index (χ0n) is 14.8. The van der Waals surface area contributed by atoms with Gasteiger partial charge in [-0.15, -0.1) is 0 Å². The molecule has 0 radical (unpaired) electrons. The van der Waals surface area contributed by atoms with Crippen LogP contribution in [-0.2, 0) is 16.0 Å². The van der Waals surface area contributed by atoms with Gasteiger partial charge in [0.1, 0.15) is 0 Å². The summed E-state index contributed by atoms with van der Waals surface area (Å²) >= 11 is 5.88. The molecule has 7 nitrogen and oxygen atoms in total. The van der Waals surface area contributed by atoms with E-state index in [-0.39, 0.29) is 5.91 Å². The van der Waals surface area contributed by atoms with Crippen molar-refractivity contribution in [2.45, 2.75) is 19.3 Å². The summed E-state index contributed by atoms with van der Waals surface area (Å²) in [6.45, 7) is 2.53. The first-order chi connectivity index (χ1) is 12.6. The lowest BCUT2D eigenvalue weighted by Crippen LogP contribution is -2.50. The van der Waals surface area contributed by atoms with E-state index >= 15 is 0 Å². The Bertz CT molecular complexity index is 721. The van der Waals surface area contributed by atoms with E-state index in [0.29, 0.717) is 36.3 Å². The molecule has 0 atom stereocenters. The highest BCUT2D eigenvalue weighted by molar-refractivity contribution is 6.30. The standard InChI is InChI=1S/C18H23ClN4O3/c1-25-12-18(7-10-20-11-8-18)17(24)21-9-6-15-22-16(23-26-15)13-2-4-14(19)5-3-13/h2-5,20H,6-12H2,1H3,(H,21,24). The number of methoxy groups -OCH3 is 1. The lowest BCUT2D eigenvalue weighted by molar-refractivity contribution is -0.136. The summed E-state index contributed by atoms with van der Waals surface area (Å²) in [5, 5.41) is 10.9. The molecule has 0 aliphatic carbocycles. The molecule has 1 aromatic carbocycles. The van der Waals surface area contributed by atoms with Crippen molar-refractivity contribution in [3.05, 3.63) is 35.2 Å². The number of ether oxygens (including phenoxy) is 1. The van der Waals surface area contributed by atoms with Crippen molar-refractivity contribution in [1.82, 2.24) is 20.8 Å². The molecule has 1 aliphatic rings. The summed E-state index contributed by atoms with van der Waals surface area (Å²) in [6, 6.07) is 7.23. The topological polar surface area (TPSA) is 89.3 Å². The number of nitrogens with zero attached hydrogens (tertiary/aromatic N) is 2. The Hall–Kier alpha value is -1.96. The Morgan fingerprint density at radius 1 is 1.35 bits per heavy atom. The van der Waals surface area contributed by atoms with Crippen molar-refractivity contribution in [2.75, 3.05) is 33.4 Å². The second-order valence-corrected chi connectivity index (χ2v) is 6.92. The Balaban J connectivity index is 1.54. The van der Waals surface area contributed by atoms with Crippen LogP contribution in [0.1, 0.15) is 18.7 Å². The number of benzene rings is 1. The van der Waals surface area contributed by atoms with E-state index in [0.717, 1.165) is 31.5 Å². The smallest absolute Gasteiger partial charge is 0.228 e. The maximum Gasteiger partial charge on any atom is 0.228 e. The van der Waals surface area contributed by atoms with Crippen LogP contribution in [0.5, 0.6) is 0 Å². The van der Waals surface area contributed by atoms with Gasteiger partial charge in [0.25, 0.3) is 0 Å². The van der Waals surface area contributed by atoms with Gasteiger partial charge >= 0.3 is 0 Å². The number of rotatable bonds is 7. The summed E-state index contributed by atoms with van der Waals surface area (Å²) in [5.41, 5.74) is 0.380. The molecule has 3 rings (SSSR count). The molecule has 1 fully saturated rings. The minimum Gasteiger partial charge on any atom is -0.384 e. The second-order valence-electron chi connectivity index (χ2n) is 6.49. The van der Waals surface area contributed by atoms with Crippen molar-refractivity contribution >= 4 is 17.5 Å². The van der Waals surface area contributed by atoms with Gasteiger partial charge in [0.15, 0.2) is 0 Å². The van der Waals surface area contributed by atoms with Crippen LogP contribution in [0.3, 0.4) is 0 Å². The number of piperidine rings is 1. The Morgan fingerprint density at radius 3 is 2.77 bits per heavy atom. The van der Waals surface area contributed by atoms with Gasteiger partial charge in [0, 0.05) is 30.7 Å². The minimum atomic E-state index is -0.455. The van der Waals surface area contributed by atoms with Gasteiger partial charge < -0.3 is 19.9 Å². The lowest BCUT2D eigenvalue weighted by Gasteiger charge is -2.35. The molecule has 0 unspecified atom stereocenters. The van der Waals surface area contributed by atoms with Gasteiger partial charge in [0.05, 0.1) is 12.0 Å².